The lowest BCUT2D eigenvalue weighted by molar-refractivity contribution is -0.124. The zero-order valence-corrected chi connectivity index (χ0v) is 19.4. The van der Waals surface area contributed by atoms with Crippen LogP contribution < -0.4 is 10.6 Å². The Hall–Kier alpha value is -4.14. The monoisotopic (exact) mass is 476 g/mol. The molecule has 3 aromatic rings. The summed E-state index contributed by atoms with van der Waals surface area (Å²) in [5.41, 5.74) is 4.56. The summed E-state index contributed by atoms with van der Waals surface area (Å²) in [5.74, 6) is -1.72. The van der Waals surface area contributed by atoms with Crippen molar-refractivity contribution in [1.82, 2.24) is 20.2 Å². The maximum absolute atomic E-state index is 12.5. The Morgan fingerprint density at radius 1 is 1.06 bits per heavy atom. The number of carbonyl (C=O) groups excluding carboxylic acids is 2. The highest BCUT2D eigenvalue weighted by Crippen LogP contribution is 2.44. The molecule has 0 fully saturated rings. The predicted octanol–water partition coefficient (Wildman–Crippen LogP) is 3.26. The van der Waals surface area contributed by atoms with Gasteiger partial charge in [-0.2, -0.15) is 0 Å². The molecule has 0 saturated carbocycles. The zero-order valence-electron chi connectivity index (χ0n) is 19.4. The largest absolute Gasteiger partial charge is 0.476 e. The summed E-state index contributed by atoms with van der Waals surface area (Å²) >= 11 is 0. The van der Waals surface area contributed by atoms with Crippen LogP contribution in [0.25, 0.3) is 11.1 Å². The number of carbonyl (C=O) groups is 3. The highest BCUT2D eigenvalue weighted by Gasteiger charge is 2.29. The number of fused-ring (bicyclic) bond motifs is 3. The maximum atomic E-state index is 12.5. The fraction of sp³-hybridized carbons (Fsp3) is 0.308. The predicted molar refractivity (Wildman–Crippen MR) is 129 cm³/mol. The third-order valence-electron chi connectivity index (χ3n) is 6.22. The first-order chi connectivity index (χ1) is 17.0. The molecule has 1 aliphatic carbocycles. The number of rotatable bonds is 10. The van der Waals surface area contributed by atoms with Gasteiger partial charge in [0, 0.05) is 31.7 Å². The zero-order chi connectivity index (χ0) is 24.8. The van der Waals surface area contributed by atoms with Gasteiger partial charge in [-0.05, 0) is 28.7 Å². The highest BCUT2D eigenvalue weighted by atomic mass is 16.5. The van der Waals surface area contributed by atoms with E-state index in [1.807, 2.05) is 31.2 Å². The van der Waals surface area contributed by atoms with Gasteiger partial charge in [0.15, 0.2) is 5.69 Å². The molecule has 0 aliphatic heterocycles. The molecule has 1 unspecified atom stereocenters. The van der Waals surface area contributed by atoms with E-state index in [1.165, 1.54) is 12.5 Å². The van der Waals surface area contributed by atoms with Crippen molar-refractivity contribution in [2.45, 2.75) is 25.8 Å². The Morgan fingerprint density at radius 2 is 1.71 bits per heavy atom. The molecule has 1 heterocycles. The number of amides is 2. The normalized spacial score (nSPS) is 12.9. The van der Waals surface area contributed by atoms with Gasteiger partial charge in [0.25, 0.3) is 0 Å². The average Bonchev–Trinajstić information content (AvgIpc) is 3.46. The van der Waals surface area contributed by atoms with Crippen molar-refractivity contribution in [2.75, 3.05) is 19.7 Å². The second-order valence-electron chi connectivity index (χ2n) is 8.40. The molecule has 9 nitrogen and oxygen atoms in total. The minimum absolute atomic E-state index is 0.0248. The second kappa shape index (κ2) is 10.9. The molecule has 1 aromatic heterocycles. The van der Waals surface area contributed by atoms with Crippen LogP contribution in [0.3, 0.4) is 0 Å². The number of aromatic nitrogens is 2. The van der Waals surface area contributed by atoms with E-state index in [2.05, 4.69) is 39.9 Å². The first-order valence-electron chi connectivity index (χ1n) is 11.6. The smallest absolute Gasteiger partial charge is 0.407 e. The lowest BCUT2D eigenvalue weighted by Gasteiger charge is -2.17. The Kier molecular flexibility index (Phi) is 7.45. The molecule has 0 spiro atoms. The Labute approximate surface area is 203 Å². The third kappa shape index (κ3) is 5.51. The van der Waals surface area contributed by atoms with Crippen LogP contribution >= 0.6 is 0 Å². The number of ether oxygens (including phenoxy) is 1. The van der Waals surface area contributed by atoms with Crippen LogP contribution in [0.15, 0.2) is 61.1 Å². The number of hydrogen-bond donors (Lipinski definition) is 3. The van der Waals surface area contributed by atoms with E-state index in [9.17, 15) is 14.4 Å². The van der Waals surface area contributed by atoms with Crippen LogP contribution in [0.4, 0.5) is 4.79 Å². The van der Waals surface area contributed by atoms with Crippen LogP contribution in [-0.2, 0) is 16.1 Å². The summed E-state index contributed by atoms with van der Waals surface area (Å²) < 4.78 is 7.13. The van der Waals surface area contributed by atoms with Gasteiger partial charge in [0.2, 0.25) is 5.91 Å². The summed E-state index contributed by atoms with van der Waals surface area (Å²) in [7, 11) is 0. The molecule has 1 aliphatic rings. The number of hydrogen-bond acceptors (Lipinski definition) is 5. The molecule has 182 valence electrons. The Morgan fingerprint density at radius 3 is 2.31 bits per heavy atom. The van der Waals surface area contributed by atoms with E-state index in [-0.39, 0.29) is 30.7 Å². The van der Waals surface area contributed by atoms with Gasteiger partial charge in [-0.3, -0.25) is 4.79 Å². The fourth-order valence-corrected chi connectivity index (χ4v) is 4.32. The van der Waals surface area contributed by atoms with Crippen LogP contribution in [0.5, 0.6) is 0 Å². The number of alkyl carbamates (subject to hydrolysis) is 1. The van der Waals surface area contributed by atoms with Gasteiger partial charge >= 0.3 is 12.1 Å². The van der Waals surface area contributed by atoms with E-state index in [0.717, 1.165) is 22.3 Å². The molecule has 2 amide bonds. The first-order valence-corrected chi connectivity index (χ1v) is 11.6. The Bertz CT molecular complexity index is 1180. The SMILES string of the molecule is CCC(CNC(=O)OCC1c2ccccc2-c2ccccc21)C(=O)NCCn1cnc(C(=O)O)c1. The third-order valence-corrected chi connectivity index (χ3v) is 6.22. The average molecular weight is 477 g/mol. The van der Waals surface area contributed by atoms with Crippen molar-refractivity contribution < 1.29 is 24.2 Å². The van der Waals surface area contributed by atoms with Crippen molar-refractivity contribution in [3.63, 3.8) is 0 Å². The van der Waals surface area contributed by atoms with E-state index in [0.29, 0.717) is 19.5 Å². The number of carboxylic acid groups (broad SMARTS) is 1. The quantitative estimate of drug-likeness (QED) is 0.413. The molecule has 9 heteroatoms. The summed E-state index contributed by atoms with van der Waals surface area (Å²) in [6, 6.07) is 16.3. The molecule has 3 N–H and O–H groups in total. The van der Waals surface area contributed by atoms with Crippen LogP contribution in [0.1, 0.15) is 40.9 Å². The van der Waals surface area contributed by atoms with Gasteiger partial charge in [0.1, 0.15) is 6.61 Å². The molecule has 0 radical (unpaired) electrons. The van der Waals surface area contributed by atoms with Crippen molar-refractivity contribution in [1.29, 1.82) is 0 Å². The lowest BCUT2D eigenvalue weighted by Crippen LogP contribution is -2.40. The minimum Gasteiger partial charge on any atom is -0.476 e. The van der Waals surface area contributed by atoms with Crippen LogP contribution in [-0.4, -0.2) is 52.3 Å². The molecule has 1 atom stereocenters. The van der Waals surface area contributed by atoms with Gasteiger partial charge in [-0.25, -0.2) is 14.6 Å². The van der Waals surface area contributed by atoms with Gasteiger partial charge in [-0.15, -0.1) is 0 Å². The minimum atomic E-state index is -1.10. The molecule has 4 rings (SSSR count). The molecular weight excluding hydrogens is 448 g/mol. The summed E-state index contributed by atoms with van der Waals surface area (Å²) in [5, 5.41) is 14.4. The molecular formula is C26H28N4O5. The summed E-state index contributed by atoms with van der Waals surface area (Å²) in [6.45, 7) is 2.95. The number of imidazole rings is 1. The lowest BCUT2D eigenvalue weighted by atomic mass is 9.98. The van der Waals surface area contributed by atoms with Crippen LogP contribution in [0, 0.1) is 5.92 Å². The number of carboxylic acids is 1. The fourth-order valence-electron chi connectivity index (χ4n) is 4.32. The number of nitrogens with one attached hydrogen (secondary N) is 2. The standard InChI is InChI=1S/C26H28N4O5/c1-2-17(24(31)27-11-12-30-14-23(25(32)33)29-16-30)13-28-26(34)35-15-22-20-9-5-3-7-18(20)19-8-4-6-10-21(19)22/h3-10,14,16-17,22H,2,11-13,15H2,1H3,(H,27,31)(H,28,34)(H,32,33). The molecule has 35 heavy (non-hydrogen) atoms. The van der Waals surface area contributed by atoms with Gasteiger partial charge < -0.3 is 25.0 Å². The maximum Gasteiger partial charge on any atom is 0.407 e. The second-order valence-corrected chi connectivity index (χ2v) is 8.40. The first kappa shape index (κ1) is 24.0. The van der Waals surface area contributed by atoms with Crippen LogP contribution in [0.2, 0.25) is 0 Å². The number of nitrogens with zero attached hydrogens (tertiary/aromatic N) is 2. The van der Waals surface area contributed by atoms with E-state index in [4.69, 9.17) is 9.84 Å². The van der Waals surface area contributed by atoms with Crippen molar-refractivity contribution in [2.24, 2.45) is 5.92 Å². The molecule has 0 saturated heterocycles. The van der Waals surface area contributed by atoms with Gasteiger partial charge in [0.05, 0.1) is 12.2 Å². The van der Waals surface area contributed by atoms with E-state index < -0.39 is 18.0 Å². The van der Waals surface area contributed by atoms with E-state index in [1.54, 1.807) is 4.57 Å². The molecule has 2 aromatic carbocycles. The highest BCUT2D eigenvalue weighted by molar-refractivity contribution is 5.85. The van der Waals surface area contributed by atoms with E-state index >= 15 is 0 Å². The van der Waals surface area contributed by atoms with Crippen molar-refractivity contribution in [3.8, 4) is 11.1 Å². The van der Waals surface area contributed by atoms with Crippen molar-refractivity contribution in [3.05, 3.63) is 77.9 Å². The number of aromatic carboxylic acids is 1. The van der Waals surface area contributed by atoms with Gasteiger partial charge in [-0.1, -0.05) is 55.5 Å². The Balaban J connectivity index is 1.24. The summed E-state index contributed by atoms with van der Waals surface area (Å²) in [6.07, 6.45) is 2.80. The number of benzene rings is 2. The summed E-state index contributed by atoms with van der Waals surface area (Å²) in [4.78, 5) is 39.6. The van der Waals surface area contributed by atoms with Crippen molar-refractivity contribution >= 4 is 18.0 Å². The molecule has 0 bridgehead atoms. The topological polar surface area (TPSA) is 123 Å².